The Morgan fingerprint density at radius 1 is 0.569 bits per heavy atom. The summed E-state index contributed by atoms with van der Waals surface area (Å²) in [4.78, 5) is 25.4. The molecule has 0 aromatic heterocycles. The van der Waals surface area contributed by atoms with E-state index in [1.807, 2.05) is 0 Å². The van der Waals surface area contributed by atoms with Crippen LogP contribution in [-0.4, -0.2) is 96.0 Å². The average Bonchev–Trinajstić information content (AvgIpc) is 3.18. The van der Waals surface area contributed by atoms with Crippen LogP contribution in [0, 0.1) is 0 Å². The van der Waals surface area contributed by atoms with Crippen molar-refractivity contribution in [2.45, 2.75) is 243 Å². The van der Waals surface area contributed by atoms with Crippen molar-refractivity contribution in [1.82, 2.24) is 0 Å². The maximum absolute atomic E-state index is 12.8. The van der Waals surface area contributed by atoms with Crippen molar-refractivity contribution in [2.24, 2.45) is 0 Å². The topological polar surface area (TPSA) is 186 Å². The van der Waals surface area contributed by atoms with Crippen LogP contribution in [0.25, 0.3) is 0 Å². The summed E-state index contributed by atoms with van der Waals surface area (Å²) in [5.74, 6) is -1.98. The van der Waals surface area contributed by atoms with Crippen LogP contribution in [0.2, 0.25) is 0 Å². The molecule has 4 N–H and O–H groups in total. The number of hydrogen-bond donors (Lipinski definition) is 4. The van der Waals surface area contributed by atoms with Gasteiger partial charge in [-0.2, -0.15) is 8.42 Å². The first-order valence-corrected chi connectivity index (χ1v) is 24.9. The first kappa shape index (κ1) is 54.4. The standard InChI is InChI=1S/C45H84O12S/c1-3-5-7-9-11-13-15-16-17-18-19-20-21-22-24-25-27-29-31-33-40(46)54-35-38(56-41(47)34-32-30-28-26-23-14-12-10-8-6-4-2)36-55-45-44(50)43(49)42(48)39(57-45)37-58(51,52)53/h10,12,38-39,42-45,48-50H,3-9,11,13-37H2,1-2H3,(H,51,52,53)/b12-10+/t38-,39-,42-,43?,44?,45+/m1/s1. The van der Waals surface area contributed by atoms with Gasteiger partial charge in [-0.3, -0.25) is 14.1 Å². The molecule has 0 aliphatic carbocycles. The number of carbonyl (C=O) groups is 2. The summed E-state index contributed by atoms with van der Waals surface area (Å²) in [6.07, 6.45) is 28.4. The SMILES string of the molecule is CCCC/C=C/CCCCCCCC(=O)O[C@H](COC(=O)CCCCCCCCCCCCCCCCCCCCC)CO[C@H]1O[C@H](CS(=O)(=O)O)[C@@H](O)C(O)C1O. The van der Waals surface area contributed by atoms with Crippen LogP contribution in [-0.2, 0) is 38.7 Å². The van der Waals surface area contributed by atoms with Crippen LogP contribution in [0.1, 0.15) is 206 Å². The molecule has 0 aromatic carbocycles. The number of ether oxygens (including phenoxy) is 4. The molecule has 1 fully saturated rings. The number of unbranched alkanes of at least 4 members (excludes halogenated alkanes) is 25. The van der Waals surface area contributed by atoms with Crippen molar-refractivity contribution in [3.63, 3.8) is 0 Å². The van der Waals surface area contributed by atoms with Crippen molar-refractivity contribution in [3.05, 3.63) is 12.2 Å². The highest BCUT2D eigenvalue weighted by Gasteiger charge is 2.46. The summed E-state index contributed by atoms with van der Waals surface area (Å²) in [6.45, 7) is 3.73. The minimum atomic E-state index is -4.60. The van der Waals surface area contributed by atoms with E-state index in [4.69, 9.17) is 18.9 Å². The second-order valence-electron chi connectivity index (χ2n) is 16.4. The van der Waals surface area contributed by atoms with E-state index in [1.165, 1.54) is 109 Å². The zero-order valence-electron chi connectivity index (χ0n) is 36.4. The van der Waals surface area contributed by atoms with E-state index in [9.17, 15) is 37.9 Å². The highest BCUT2D eigenvalue weighted by atomic mass is 32.2. The van der Waals surface area contributed by atoms with Crippen LogP contribution < -0.4 is 0 Å². The predicted molar refractivity (Wildman–Crippen MR) is 229 cm³/mol. The van der Waals surface area contributed by atoms with Crippen molar-refractivity contribution in [1.29, 1.82) is 0 Å². The highest BCUT2D eigenvalue weighted by Crippen LogP contribution is 2.24. The largest absolute Gasteiger partial charge is 0.462 e. The minimum absolute atomic E-state index is 0.157. The summed E-state index contributed by atoms with van der Waals surface area (Å²) in [5.41, 5.74) is 0. The maximum Gasteiger partial charge on any atom is 0.306 e. The second-order valence-corrected chi connectivity index (χ2v) is 17.9. The Hall–Kier alpha value is -1.61. The molecule has 0 spiro atoms. The quantitative estimate of drug-likeness (QED) is 0.0199. The molecule has 342 valence electrons. The fraction of sp³-hybridized carbons (Fsp3) is 0.911. The summed E-state index contributed by atoms with van der Waals surface area (Å²) in [7, 11) is -4.60. The third-order valence-corrected chi connectivity index (χ3v) is 11.6. The van der Waals surface area contributed by atoms with Crippen LogP contribution >= 0.6 is 0 Å². The molecule has 0 radical (unpaired) electrons. The molecule has 0 aromatic rings. The second kappa shape index (κ2) is 36.1. The van der Waals surface area contributed by atoms with E-state index >= 15 is 0 Å². The number of rotatable bonds is 39. The molecule has 1 heterocycles. The summed E-state index contributed by atoms with van der Waals surface area (Å²) >= 11 is 0. The van der Waals surface area contributed by atoms with Crippen LogP contribution in [0.5, 0.6) is 0 Å². The van der Waals surface area contributed by atoms with Gasteiger partial charge in [0, 0.05) is 12.8 Å². The van der Waals surface area contributed by atoms with Gasteiger partial charge in [0.15, 0.2) is 12.4 Å². The Bertz CT molecular complexity index is 1130. The van der Waals surface area contributed by atoms with Gasteiger partial charge < -0.3 is 34.3 Å². The molecular formula is C45H84O12S. The zero-order valence-corrected chi connectivity index (χ0v) is 37.2. The van der Waals surface area contributed by atoms with Gasteiger partial charge in [0.2, 0.25) is 0 Å². The van der Waals surface area contributed by atoms with E-state index in [2.05, 4.69) is 26.0 Å². The Kier molecular flexibility index (Phi) is 33.8. The molecule has 1 aliphatic heterocycles. The molecule has 1 aliphatic rings. The Morgan fingerprint density at radius 2 is 1.00 bits per heavy atom. The van der Waals surface area contributed by atoms with Gasteiger partial charge in [0.25, 0.3) is 10.1 Å². The number of hydrogen-bond acceptors (Lipinski definition) is 11. The number of aliphatic hydroxyl groups excluding tert-OH is 3. The predicted octanol–water partition coefficient (Wildman–Crippen LogP) is 9.45. The molecule has 1 rings (SSSR count). The molecule has 2 unspecified atom stereocenters. The van der Waals surface area contributed by atoms with Gasteiger partial charge in [-0.1, -0.05) is 174 Å². The Balaban J connectivity index is 2.38. The molecule has 12 nitrogen and oxygen atoms in total. The van der Waals surface area contributed by atoms with E-state index in [0.717, 1.165) is 57.8 Å². The lowest BCUT2D eigenvalue weighted by atomic mass is 10.00. The summed E-state index contributed by atoms with van der Waals surface area (Å²) in [6, 6.07) is 0. The van der Waals surface area contributed by atoms with Gasteiger partial charge >= 0.3 is 11.9 Å². The summed E-state index contributed by atoms with van der Waals surface area (Å²) in [5, 5.41) is 30.8. The molecule has 0 saturated carbocycles. The first-order valence-electron chi connectivity index (χ1n) is 23.2. The van der Waals surface area contributed by atoms with Gasteiger partial charge in [-0.15, -0.1) is 0 Å². The molecule has 1 saturated heterocycles. The van der Waals surface area contributed by atoms with Gasteiger partial charge in [-0.05, 0) is 32.1 Å². The van der Waals surface area contributed by atoms with Crippen LogP contribution in [0.4, 0.5) is 0 Å². The molecule has 0 amide bonds. The van der Waals surface area contributed by atoms with E-state index in [0.29, 0.717) is 12.8 Å². The van der Waals surface area contributed by atoms with Gasteiger partial charge in [-0.25, -0.2) is 0 Å². The molecule has 13 heteroatoms. The van der Waals surface area contributed by atoms with Crippen LogP contribution in [0.15, 0.2) is 12.2 Å². The third kappa shape index (κ3) is 30.4. The number of esters is 2. The lowest BCUT2D eigenvalue weighted by Crippen LogP contribution is -2.60. The summed E-state index contributed by atoms with van der Waals surface area (Å²) < 4.78 is 54.0. The molecule has 6 atom stereocenters. The monoisotopic (exact) mass is 849 g/mol. The average molecular weight is 849 g/mol. The maximum atomic E-state index is 12.8. The van der Waals surface area contributed by atoms with E-state index in [-0.39, 0.29) is 19.4 Å². The van der Waals surface area contributed by atoms with Gasteiger partial charge in [0.05, 0.1) is 6.61 Å². The van der Waals surface area contributed by atoms with Crippen molar-refractivity contribution >= 4 is 22.1 Å². The Morgan fingerprint density at radius 3 is 1.48 bits per heavy atom. The number of aliphatic hydroxyl groups is 3. The van der Waals surface area contributed by atoms with E-state index in [1.54, 1.807) is 0 Å². The van der Waals surface area contributed by atoms with Crippen molar-refractivity contribution in [3.8, 4) is 0 Å². The minimum Gasteiger partial charge on any atom is -0.462 e. The first-order chi connectivity index (χ1) is 28.0. The number of allylic oxidation sites excluding steroid dienone is 2. The lowest BCUT2D eigenvalue weighted by molar-refractivity contribution is -0.297. The molecular weight excluding hydrogens is 765 g/mol. The Labute approximate surface area is 352 Å². The fourth-order valence-corrected chi connectivity index (χ4v) is 7.88. The molecule has 0 bridgehead atoms. The normalized spacial score (nSPS) is 20.4. The highest BCUT2D eigenvalue weighted by molar-refractivity contribution is 7.85. The van der Waals surface area contributed by atoms with E-state index < -0.39 is 71.2 Å². The zero-order chi connectivity index (χ0) is 42.7. The third-order valence-electron chi connectivity index (χ3n) is 10.8. The number of carbonyl (C=O) groups excluding carboxylic acids is 2. The smallest absolute Gasteiger partial charge is 0.306 e. The van der Waals surface area contributed by atoms with Crippen molar-refractivity contribution < 1.29 is 56.8 Å². The van der Waals surface area contributed by atoms with Crippen LogP contribution in [0.3, 0.4) is 0 Å². The molecule has 58 heavy (non-hydrogen) atoms. The fourth-order valence-electron chi connectivity index (χ4n) is 7.19. The lowest BCUT2D eigenvalue weighted by Gasteiger charge is -2.40. The van der Waals surface area contributed by atoms with Crippen molar-refractivity contribution in [2.75, 3.05) is 19.0 Å². The van der Waals surface area contributed by atoms with Gasteiger partial charge in [0.1, 0.15) is 36.8 Å².